The maximum atomic E-state index is 14.6. The van der Waals surface area contributed by atoms with Gasteiger partial charge in [-0.2, -0.15) is 5.26 Å². The molecular formula is C33H48N2O5. The number of rotatable bonds is 3. The first kappa shape index (κ1) is 29.5. The molecule has 220 valence electrons. The van der Waals surface area contributed by atoms with E-state index in [-0.39, 0.29) is 35.1 Å². The fourth-order valence-electron chi connectivity index (χ4n) is 11.1. The predicted octanol–water partition coefficient (Wildman–Crippen LogP) is 4.88. The van der Waals surface area contributed by atoms with Gasteiger partial charge in [-0.3, -0.25) is 9.59 Å². The Morgan fingerprint density at radius 3 is 2.33 bits per heavy atom. The largest absolute Gasteiger partial charge is 0.469 e. The van der Waals surface area contributed by atoms with Gasteiger partial charge >= 0.3 is 5.97 Å². The Morgan fingerprint density at radius 1 is 1.10 bits per heavy atom. The van der Waals surface area contributed by atoms with Gasteiger partial charge < -0.3 is 20.3 Å². The van der Waals surface area contributed by atoms with E-state index in [2.05, 4.69) is 40.7 Å². The van der Waals surface area contributed by atoms with Crippen LogP contribution < -0.4 is 5.73 Å². The minimum Gasteiger partial charge on any atom is -0.469 e. The molecule has 7 unspecified atom stereocenters. The minimum atomic E-state index is -1.03. The number of fused-ring (bicyclic) bond motifs is 7. The van der Waals surface area contributed by atoms with Crippen molar-refractivity contribution in [1.29, 1.82) is 5.26 Å². The number of carbonyl (C=O) groups is 2. The van der Waals surface area contributed by atoms with Gasteiger partial charge in [0.2, 0.25) is 0 Å². The van der Waals surface area contributed by atoms with Crippen LogP contribution in [-0.2, 0) is 19.1 Å². The normalized spacial score (nSPS) is 49.2. The summed E-state index contributed by atoms with van der Waals surface area (Å²) in [6, 6.07) is 2.36. The number of allylic oxidation sites excluding steroid dienone is 3. The standard InChI is InChI=1S/C33H48N2O5/c1-27(2)11-13-32(26(38)40-8)14-12-31(6)24(33(32,35)18-27)21(37)15-23-28(3)16-20(17-34)25(39-7)29(4,19-36)22(28)9-10-30(23,31)5/h15-16,22,24-25,36H,9-14,18-19,35H2,1-8H3/t22?,24?,25?,28?,29-,30?,31+,32?,33?/m0/s1. The quantitative estimate of drug-likeness (QED) is 0.479. The molecule has 0 spiro atoms. The second kappa shape index (κ2) is 8.75. The SMILES string of the molecule is COC(=O)C12CCC(C)(C)CC1(N)C1C(=O)C=C3C4(C)C=C(C#N)C(OC)[C@@](C)(CO)C4CCC3(C)[C@]1(C)CC2. The van der Waals surface area contributed by atoms with Crippen LogP contribution >= 0.6 is 0 Å². The van der Waals surface area contributed by atoms with Crippen LogP contribution in [0.15, 0.2) is 23.3 Å². The lowest BCUT2D eigenvalue weighted by Crippen LogP contribution is -2.77. The van der Waals surface area contributed by atoms with Crippen molar-refractivity contribution in [2.75, 3.05) is 20.8 Å². The van der Waals surface area contributed by atoms with Crippen LogP contribution in [0.25, 0.3) is 0 Å². The number of nitriles is 1. The molecule has 0 aromatic carbocycles. The van der Waals surface area contributed by atoms with Crippen LogP contribution in [0.2, 0.25) is 0 Å². The lowest BCUT2D eigenvalue weighted by molar-refractivity contribution is -0.198. The topological polar surface area (TPSA) is 123 Å². The maximum absolute atomic E-state index is 14.6. The lowest BCUT2D eigenvalue weighted by atomic mass is 9.32. The zero-order valence-electron chi connectivity index (χ0n) is 25.6. The van der Waals surface area contributed by atoms with Crippen molar-refractivity contribution in [3.8, 4) is 6.07 Å². The summed E-state index contributed by atoms with van der Waals surface area (Å²) in [4.78, 5) is 28.2. The molecule has 0 aliphatic heterocycles. The van der Waals surface area contributed by atoms with Crippen LogP contribution in [0.4, 0.5) is 0 Å². The molecule has 0 aromatic rings. The summed E-state index contributed by atoms with van der Waals surface area (Å²) in [5.41, 5.74) is 4.85. The van der Waals surface area contributed by atoms with E-state index >= 15 is 0 Å². The highest BCUT2D eigenvalue weighted by Crippen LogP contribution is 2.75. The lowest BCUT2D eigenvalue weighted by Gasteiger charge is -2.71. The van der Waals surface area contributed by atoms with E-state index in [1.807, 2.05) is 19.1 Å². The van der Waals surface area contributed by atoms with Crippen molar-refractivity contribution in [2.45, 2.75) is 98.1 Å². The molecule has 5 rings (SSSR count). The van der Waals surface area contributed by atoms with Crippen molar-refractivity contribution in [3.05, 3.63) is 23.3 Å². The van der Waals surface area contributed by atoms with Gasteiger partial charge in [-0.1, -0.05) is 53.2 Å². The number of aliphatic hydroxyl groups excluding tert-OH is 1. The molecule has 5 aliphatic rings. The summed E-state index contributed by atoms with van der Waals surface area (Å²) in [5, 5.41) is 20.9. The highest BCUT2D eigenvalue weighted by molar-refractivity contribution is 5.97. The van der Waals surface area contributed by atoms with Crippen LogP contribution in [0.1, 0.15) is 86.5 Å². The highest BCUT2D eigenvalue weighted by Gasteiger charge is 2.75. The van der Waals surface area contributed by atoms with E-state index in [4.69, 9.17) is 15.2 Å². The Morgan fingerprint density at radius 2 is 1.75 bits per heavy atom. The molecule has 0 amide bonds. The number of carbonyl (C=O) groups excluding carboxylic acids is 2. The van der Waals surface area contributed by atoms with E-state index in [0.717, 1.165) is 24.8 Å². The molecule has 0 bridgehead atoms. The fourth-order valence-corrected chi connectivity index (χ4v) is 11.1. The number of nitrogens with two attached hydrogens (primary N) is 1. The molecule has 9 atom stereocenters. The Kier molecular flexibility index (Phi) is 6.45. The van der Waals surface area contributed by atoms with Gasteiger partial charge in [0.05, 0.1) is 36.9 Å². The molecule has 0 radical (unpaired) electrons. The van der Waals surface area contributed by atoms with Crippen molar-refractivity contribution in [2.24, 2.45) is 50.1 Å². The Hall–Kier alpha value is -2.01. The van der Waals surface area contributed by atoms with Gasteiger partial charge in [-0.25, -0.2) is 0 Å². The van der Waals surface area contributed by atoms with Gasteiger partial charge in [0.25, 0.3) is 0 Å². The molecule has 7 heteroatoms. The van der Waals surface area contributed by atoms with Crippen LogP contribution in [-0.4, -0.2) is 49.3 Å². The van der Waals surface area contributed by atoms with Gasteiger partial charge in [-0.05, 0) is 73.2 Å². The highest BCUT2D eigenvalue weighted by atomic mass is 16.5. The third-order valence-corrected chi connectivity index (χ3v) is 13.2. The molecule has 0 saturated heterocycles. The van der Waals surface area contributed by atoms with E-state index < -0.39 is 39.2 Å². The average Bonchev–Trinajstić information content (AvgIpc) is 2.88. The molecule has 5 aliphatic carbocycles. The smallest absolute Gasteiger partial charge is 0.313 e. The van der Waals surface area contributed by atoms with Gasteiger partial charge in [-0.15, -0.1) is 0 Å². The van der Waals surface area contributed by atoms with Gasteiger partial charge in [0.1, 0.15) is 0 Å². The monoisotopic (exact) mass is 552 g/mol. The third-order valence-electron chi connectivity index (χ3n) is 13.2. The Labute approximate surface area is 239 Å². The van der Waals surface area contributed by atoms with Crippen molar-refractivity contribution in [3.63, 3.8) is 0 Å². The first-order valence-corrected chi connectivity index (χ1v) is 14.9. The number of nitrogens with zero attached hydrogens (tertiary/aromatic N) is 1. The summed E-state index contributed by atoms with van der Waals surface area (Å²) in [6.07, 6.45) is 8.33. The fraction of sp³-hybridized carbons (Fsp3) is 0.788. The number of aliphatic hydroxyl groups is 1. The minimum absolute atomic E-state index is 0.0162. The summed E-state index contributed by atoms with van der Waals surface area (Å²) in [7, 11) is 3.03. The first-order valence-electron chi connectivity index (χ1n) is 14.9. The number of hydrogen-bond acceptors (Lipinski definition) is 7. The molecule has 7 nitrogen and oxygen atoms in total. The number of ether oxygens (including phenoxy) is 2. The average molecular weight is 553 g/mol. The Bertz CT molecular complexity index is 1250. The predicted molar refractivity (Wildman–Crippen MR) is 152 cm³/mol. The van der Waals surface area contributed by atoms with E-state index in [1.54, 1.807) is 7.11 Å². The van der Waals surface area contributed by atoms with Gasteiger partial charge in [0, 0.05) is 29.4 Å². The van der Waals surface area contributed by atoms with E-state index in [1.165, 1.54) is 7.11 Å². The molecular weight excluding hydrogens is 504 g/mol. The molecule has 3 fully saturated rings. The zero-order chi connectivity index (χ0) is 29.7. The van der Waals surface area contributed by atoms with E-state index in [0.29, 0.717) is 31.3 Å². The molecule has 3 N–H and O–H groups in total. The second-order valence-corrected chi connectivity index (χ2v) is 15.5. The number of esters is 1. The summed E-state index contributed by atoms with van der Waals surface area (Å²) < 4.78 is 11.2. The number of ketones is 1. The number of hydrogen-bond donors (Lipinski definition) is 2. The molecule has 0 heterocycles. The third kappa shape index (κ3) is 3.28. The van der Waals surface area contributed by atoms with Crippen molar-refractivity contribution < 1.29 is 24.2 Å². The summed E-state index contributed by atoms with van der Waals surface area (Å²) in [6.45, 7) is 12.9. The van der Waals surface area contributed by atoms with Crippen molar-refractivity contribution >= 4 is 11.8 Å². The van der Waals surface area contributed by atoms with Crippen LogP contribution in [0.5, 0.6) is 0 Å². The van der Waals surface area contributed by atoms with E-state index in [9.17, 15) is 20.0 Å². The summed E-state index contributed by atoms with van der Waals surface area (Å²) in [5.74, 6) is -0.844. The Balaban J connectivity index is 1.74. The number of methoxy groups -OCH3 is 2. The van der Waals surface area contributed by atoms with Crippen molar-refractivity contribution in [1.82, 2.24) is 0 Å². The van der Waals surface area contributed by atoms with Crippen LogP contribution in [0, 0.1) is 55.7 Å². The zero-order valence-corrected chi connectivity index (χ0v) is 25.6. The second-order valence-electron chi connectivity index (χ2n) is 15.5. The molecule has 0 aromatic heterocycles. The van der Waals surface area contributed by atoms with Crippen LogP contribution in [0.3, 0.4) is 0 Å². The maximum Gasteiger partial charge on any atom is 0.313 e. The molecule has 3 saturated carbocycles. The first-order chi connectivity index (χ1) is 18.5. The molecule has 40 heavy (non-hydrogen) atoms. The summed E-state index contributed by atoms with van der Waals surface area (Å²) >= 11 is 0. The van der Waals surface area contributed by atoms with Gasteiger partial charge in [0.15, 0.2) is 5.78 Å².